The van der Waals surface area contributed by atoms with Crippen molar-refractivity contribution in [1.82, 2.24) is 0 Å². The third-order valence-corrected chi connectivity index (χ3v) is 6.76. The van der Waals surface area contributed by atoms with E-state index in [0.29, 0.717) is 11.5 Å². The first kappa shape index (κ1) is 22.3. The molecule has 1 aliphatic rings. The van der Waals surface area contributed by atoms with E-state index in [-0.39, 0.29) is 35.6 Å². The lowest BCUT2D eigenvalue weighted by Gasteiger charge is -2.44. The third kappa shape index (κ3) is 5.19. The molecule has 0 amide bonds. The molecule has 1 unspecified atom stereocenters. The summed E-state index contributed by atoms with van der Waals surface area (Å²) >= 11 is 0. The molecule has 0 heterocycles. The number of ketones is 1. The largest absolute Gasteiger partial charge is 0.462 e. The van der Waals surface area contributed by atoms with Crippen LogP contribution in [-0.2, 0) is 14.9 Å². The number of hydrogen-bond acceptors (Lipinski definition) is 3. The Balaban J connectivity index is 1.70. The smallest absolute Gasteiger partial charge is 0.309 e. The first-order valence-electron chi connectivity index (χ1n) is 11.1. The lowest BCUT2D eigenvalue weighted by Crippen LogP contribution is -2.44. The zero-order valence-electron chi connectivity index (χ0n) is 18.6. The van der Waals surface area contributed by atoms with Gasteiger partial charge in [0.1, 0.15) is 6.10 Å². The molecule has 3 heteroatoms. The number of hydrogen-bond donors (Lipinski definition) is 0. The van der Waals surface area contributed by atoms with E-state index in [1.54, 1.807) is 19.1 Å². The standard InChI is InChI=1S/C27H34O3/c1-19-15-16-23(27(3,4)22-13-9-6-10-14-22)25(17-19)30-26(29)20(2)18-24(28)21-11-7-5-8-12-21/h5-14,19-20,23,25H,15-18H2,1-4H3/t19-,20?,23-,25-/m1/s1. The van der Waals surface area contributed by atoms with Gasteiger partial charge in [-0.3, -0.25) is 9.59 Å². The van der Waals surface area contributed by atoms with Crippen LogP contribution in [0.5, 0.6) is 0 Å². The zero-order chi connectivity index (χ0) is 21.7. The van der Waals surface area contributed by atoms with Gasteiger partial charge >= 0.3 is 5.97 Å². The van der Waals surface area contributed by atoms with E-state index in [9.17, 15) is 9.59 Å². The minimum Gasteiger partial charge on any atom is -0.462 e. The van der Waals surface area contributed by atoms with E-state index in [2.05, 4.69) is 45.0 Å². The van der Waals surface area contributed by atoms with Crippen molar-refractivity contribution in [2.45, 2.75) is 64.9 Å². The predicted molar refractivity (Wildman–Crippen MR) is 120 cm³/mol. The SMILES string of the molecule is CC(CC(=O)c1ccccc1)C(=O)O[C@@H]1C[C@H](C)CC[C@H]1C(C)(C)c1ccccc1. The Labute approximate surface area is 180 Å². The normalized spacial score (nSPS) is 22.9. The Kier molecular flexibility index (Phi) is 7.12. The van der Waals surface area contributed by atoms with Crippen LogP contribution in [-0.4, -0.2) is 17.9 Å². The summed E-state index contributed by atoms with van der Waals surface area (Å²) in [5, 5.41) is 0. The summed E-state index contributed by atoms with van der Waals surface area (Å²) in [4.78, 5) is 25.4. The van der Waals surface area contributed by atoms with Gasteiger partial charge in [0.25, 0.3) is 0 Å². The van der Waals surface area contributed by atoms with Crippen molar-refractivity contribution in [3.63, 3.8) is 0 Å². The van der Waals surface area contributed by atoms with Crippen molar-refractivity contribution in [1.29, 1.82) is 0 Å². The molecule has 3 nitrogen and oxygen atoms in total. The van der Waals surface area contributed by atoms with Crippen molar-refractivity contribution in [2.24, 2.45) is 17.8 Å². The topological polar surface area (TPSA) is 43.4 Å². The van der Waals surface area contributed by atoms with Gasteiger partial charge in [-0.25, -0.2) is 0 Å². The monoisotopic (exact) mass is 406 g/mol. The van der Waals surface area contributed by atoms with Crippen LogP contribution >= 0.6 is 0 Å². The second kappa shape index (κ2) is 9.59. The molecule has 0 bridgehead atoms. The summed E-state index contributed by atoms with van der Waals surface area (Å²) in [7, 11) is 0. The van der Waals surface area contributed by atoms with Crippen LogP contribution in [0.25, 0.3) is 0 Å². The fourth-order valence-electron chi connectivity index (χ4n) is 4.73. The summed E-state index contributed by atoms with van der Waals surface area (Å²) in [5.74, 6) is 0.0739. The number of carbonyl (C=O) groups is 2. The predicted octanol–water partition coefficient (Wildman–Crippen LogP) is 6.22. The summed E-state index contributed by atoms with van der Waals surface area (Å²) in [6.07, 6.45) is 3.13. The molecule has 0 saturated heterocycles. The van der Waals surface area contributed by atoms with Crippen molar-refractivity contribution in [2.75, 3.05) is 0 Å². The minimum absolute atomic E-state index is 0.0155. The fraction of sp³-hybridized carbons (Fsp3) is 0.481. The Morgan fingerprint density at radius 2 is 1.60 bits per heavy atom. The van der Waals surface area contributed by atoms with Crippen molar-refractivity contribution >= 4 is 11.8 Å². The molecule has 30 heavy (non-hydrogen) atoms. The van der Waals surface area contributed by atoms with Crippen LogP contribution in [0.15, 0.2) is 60.7 Å². The van der Waals surface area contributed by atoms with Crippen LogP contribution in [0, 0.1) is 17.8 Å². The fourth-order valence-corrected chi connectivity index (χ4v) is 4.73. The van der Waals surface area contributed by atoms with Crippen LogP contribution in [0.1, 0.15) is 69.3 Å². The van der Waals surface area contributed by atoms with Gasteiger partial charge in [0.2, 0.25) is 0 Å². The molecule has 3 rings (SSSR count). The van der Waals surface area contributed by atoms with Gasteiger partial charge < -0.3 is 4.74 Å². The minimum atomic E-state index is -0.449. The molecule has 0 N–H and O–H groups in total. The lowest BCUT2D eigenvalue weighted by atomic mass is 9.64. The van der Waals surface area contributed by atoms with E-state index < -0.39 is 5.92 Å². The summed E-state index contributed by atoms with van der Waals surface area (Å²) in [6, 6.07) is 19.7. The molecule has 1 fully saturated rings. The highest BCUT2D eigenvalue weighted by Crippen LogP contribution is 2.43. The molecule has 0 radical (unpaired) electrons. The number of rotatable bonds is 7. The Morgan fingerprint density at radius 3 is 2.23 bits per heavy atom. The van der Waals surface area contributed by atoms with Crippen LogP contribution in [0.3, 0.4) is 0 Å². The molecule has 4 atom stereocenters. The first-order valence-corrected chi connectivity index (χ1v) is 11.1. The van der Waals surface area contributed by atoms with Crippen LogP contribution in [0.2, 0.25) is 0 Å². The van der Waals surface area contributed by atoms with E-state index in [0.717, 1.165) is 19.3 Å². The lowest BCUT2D eigenvalue weighted by molar-refractivity contribution is -0.161. The van der Waals surface area contributed by atoms with Gasteiger partial charge in [-0.2, -0.15) is 0 Å². The Hall–Kier alpha value is -2.42. The first-order chi connectivity index (χ1) is 14.3. The molecular weight excluding hydrogens is 372 g/mol. The van der Waals surface area contributed by atoms with Gasteiger partial charge in [0.05, 0.1) is 5.92 Å². The number of esters is 1. The summed E-state index contributed by atoms with van der Waals surface area (Å²) in [5.41, 5.74) is 1.83. The zero-order valence-corrected chi connectivity index (χ0v) is 18.6. The molecule has 2 aromatic rings. The van der Waals surface area contributed by atoms with E-state index in [1.807, 2.05) is 24.3 Å². The molecule has 0 aliphatic heterocycles. The van der Waals surface area contributed by atoms with Crippen molar-refractivity contribution in [3.05, 3.63) is 71.8 Å². The number of carbonyl (C=O) groups excluding carboxylic acids is 2. The summed E-state index contributed by atoms with van der Waals surface area (Å²) in [6.45, 7) is 8.54. The average molecular weight is 407 g/mol. The highest BCUT2D eigenvalue weighted by molar-refractivity contribution is 5.98. The molecule has 2 aromatic carbocycles. The van der Waals surface area contributed by atoms with Gasteiger partial charge in [-0.05, 0) is 29.7 Å². The van der Waals surface area contributed by atoms with E-state index in [4.69, 9.17) is 4.74 Å². The van der Waals surface area contributed by atoms with Crippen molar-refractivity contribution < 1.29 is 14.3 Å². The molecule has 1 saturated carbocycles. The molecule has 160 valence electrons. The highest BCUT2D eigenvalue weighted by atomic mass is 16.5. The van der Waals surface area contributed by atoms with Crippen LogP contribution in [0.4, 0.5) is 0 Å². The summed E-state index contributed by atoms with van der Waals surface area (Å²) < 4.78 is 6.09. The molecule has 0 aromatic heterocycles. The molecule has 1 aliphatic carbocycles. The number of Topliss-reactive ketones (excluding diaryl/α,β-unsaturated/α-hetero) is 1. The second-order valence-corrected chi connectivity index (χ2v) is 9.48. The van der Waals surface area contributed by atoms with E-state index in [1.165, 1.54) is 5.56 Å². The maximum atomic E-state index is 12.9. The number of ether oxygens (including phenoxy) is 1. The Bertz CT molecular complexity index is 841. The highest BCUT2D eigenvalue weighted by Gasteiger charge is 2.42. The van der Waals surface area contributed by atoms with Gasteiger partial charge in [0.15, 0.2) is 5.78 Å². The number of benzene rings is 2. The average Bonchev–Trinajstić information content (AvgIpc) is 2.74. The van der Waals surface area contributed by atoms with Crippen LogP contribution < -0.4 is 0 Å². The maximum absolute atomic E-state index is 12.9. The molecular formula is C27H34O3. The molecule has 0 spiro atoms. The van der Waals surface area contributed by atoms with Gasteiger partial charge in [-0.1, -0.05) is 94.8 Å². The van der Waals surface area contributed by atoms with Gasteiger partial charge in [-0.15, -0.1) is 0 Å². The second-order valence-electron chi connectivity index (χ2n) is 9.48. The maximum Gasteiger partial charge on any atom is 0.309 e. The van der Waals surface area contributed by atoms with E-state index >= 15 is 0 Å². The third-order valence-electron chi connectivity index (χ3n) is 6.76. The Morgan fingerprint density at radius 1 is 1.00 bits per heavy atom. The van der Waals surface area contributed by atoms with Gasteiger partial charge in [0, 0.05) is 17.9 Å². The van der Waals surface area contributed by atoms with Crippen molar-refractivity contribution in [3.8, 4) is 0 Å². The quantitative estimate of drug-likeness (QED) is 0.405.